The van der Waals surface area contributed by atoms with Crippen molar-refractivity contribution in [2.75, 3.05) is 6.61 Å². The molecular weight excluding hydrogens is 298 g/mol. The first-order chi connectivity index (χ1) is 10.8. The minimum Gasteiger partial charge on any atom is -0.375 e. The third-order valence-electron chi connectivity index (χ3n) is 3.82. The standard InChI is InChI=1S/C17H14ClN3O/c18-16-15(17-20-13-7-9-22-10-14(13)21-17)12(6-8-19-16)11-4-2-1-3-5-11/h1-6,8H,7,9-10H2,(H,20,21). The van der Waals surface area contributed by atoms with Gasteiger partial charge >= 0.3 is 0 Å². The number of ether oxygens (including phenoxy) is 1. The molecule has 1 aromatic carbocycles. The first-order valence-electron chi connectivity index (χ1n) is 7.19. The number of pyridine rings is 1. The van der Waals surface area contributed by atoms with Crippen molar-refractivity contribution in [1.29, 1.82) is 0 Å². The molecule has 5 heteroatoms. The lowest BCUT2D eigenvalue weighted by Gasteiger charge is -2.09. The van der Waals surface area contributed by atoms with Crippen LogP contribution in [0.5, 0.6) is 0 Å². The maximum atomic E-state index is 6.38. The average molecular weight is 312 g/mol. The van der Waals surface area contributed by atoms with E-state index < -0.39 is 0 Å². The Morgan fingerprint density at radius 1 is 1.14 bits per heavy atom. The van der Waals surface area contributed by atoms with Crippen molar-refractivity contribution in [2.45, 2.75) is 13.0 Å². The Morgan fingerprint density at radius 3 is 2.82 bits per heavy atom. The van der Waals surface area contributed by atoms with Crippen molar-refractivity contribution < 1.29 is 4.74 Å². The highest BCUT2D eigenvalue weighted by molar-refractivity contribution is 6.32. The zero-order valence-electron chi connectivity index (χ0n) is 11.8. The van der Waals surface area contributed by atoms with Crippen molar-refractivity contribution in [2.24, 2.45) is 0 Å². The molecule has 0 radical (unpaired) electrons. The van der Waals surface area contributed by atoms with Gasteiger partial charge in [-0.2, -0.15) is 0 Å². The number of nitrogens with one attached hydrogen (secondary N) is 1. The topological polar surface area (TPSA) is 50.8 Å². The molecular formula is C17H14ClN3O. The summed E-state index contributed by atoms with van der Waals surface area (Å²) in [5.74, 6) is 0.757. The molecule has 0 amide bonds. The van der Waals surface area contributed by atoms with Crippen LogP contribution in [0.25, 0.3) is 22.5 Å². The largest absolute Gasteiger partial charge is 0.375 e. The lowest BCUT2D eigenvalue weighted by Crippen LogP contribution is -2.08. The lowest BCUT2D eigenvalue weighted by atomic mass is 10.0. The summed E-state index contributed by atoms with van der Waals surface area (Å²) >= 11 is 6.38. The number of H-pyrrole nitrogens is 1. The van der Waals surface area contributed by atoms with Crippen LogP contribution in [0.15, 0.2) is 42.6 Å². The predicted molar refractivity (Wildman–Crippen MR) is 85.6 cm³/mol. The highest BCUT2D eigenvalue weighted by atomic mass is 35.5. The summed E-state index contributed by atoms with van der Waals surface area (Å²) in [5, 5.41) is 0.452. The van der Waals surface area contributed by atoms with Crippen LogP contribution in [0.4, 0.5) is 0 Å². The molecule has 110 valence electrons. The number of hydrogen-bond donors (Lipinski definition) is 1. The number of benzene rings is 1. The third-order valence-corrected chi connectivity index (χ3v) is 4.11. The number of halogens is 1. The average Bonchev–Trinajstić information content (AvgIpc) is 2.99. The summed E-state index contributed by atoms with van der Waals surface area (Å²) in [6.45, 7) is 1.28. The maximum Gasteiger partial charge on any atom is 0.141 e. The van der Waals surface area contributed by atoms with E-state index in [1.54, 1.807) is 6.20 Å². The molecule has 22 heavy (non-hydrogen) atoms. The molecule has 3 heterocycles. The third kappa shape index (κ3) is 2.30. The number of rotatable bonds is 2. The lowest BCUT2D eigenvalue weighted by molar-refractivity contribution is 0.107. The Bertz CT molecular complexity index is 791. The number of aromatic nitrogens is 3. The van der Waals surface area contributed by atoms with Crippen LogP contribution in [0.2, 0.25) is 5.15 Å². The Labute approximate surface area is 133 Å². The molecule has 0 unspecified atom stereocenters. The van der Waals surface area contributed by atoms with E-state index >= 15 is 0 Å². The van der Waals surface area contributed by atoms with Gasteiger partial charge in [0.05, 0.1) is 30.2 Å². The van der Waals surface area contributed by atoms with E-state index in [0.29, 0.717) is 18.4 Å². The van der Waals surface area contributed by atoms with Gasteiger partial charge in [0, 0.05) is 12.6 Å². The second-order valence-corrected chi connectivity index (χ2v) is 5.56. The molecule has 0 fully saturated rings. The molecule has 3 aromatic rings. The number of aromatic amines is 1. The van der Waals surface area contributed by atoms with E-state index in [2.05, 4.69) is 22.1 Å². The van der Waals surface area contributed by atoms with Crippen LogP contribution < -0.4 is 0 Å². The fourth-order valence-corrected chi connectivity index (χ4v) is 3.00. The molecule has 0 aliphatic carbocycles. The van der Waals surface area contributed by atoms with E-state index in [4.69, 9.17) is 21.3 Å². The minimum absolute atomic E-state index is 0.452. The summed E-state index contributed by atoms with van der Waals surface area (Å²) in [6, 6.07) is 12.1. The molecule has 0 saturated heterocycles. The first-order valence-corrected chi connectivity index (χ1v) is 7.56. The predicted octanol–water partition coefficient (Wildman–Crippen LogP) is 3.86. The zero-order chi connectivity index (χ0) is 14.9. The SMILES string of the molecule is Clc1nccc(-c2ccccc2)c1-c1nc2c([nH]1)COCC2. The Morgan fingerprint density at radius 2 is 2.00 bits per heavy atom. The minimum atomic E-state index is 0.452. The van der Waals surface area contributed by atoms with Gasteiger partial charge in [0.15, 0.2) is 0 Å². The highest BCUT2D eigenvalue weighted by Gasteiger charge is 2.20. The number of imidazole rings is 1. The molecule has 0 spiro atoms. The van der Waals surface area contributed by atoms with E-state index in [1.807, 2.05) is 24.3 Å². The number of fused-ring (bicyclic) bond motifs is 1. The molecule has 1 aliphatic rings. The van der Waals surface area contributed by atoms with Crippen molar-refractivity contribution in [3.8, 4) is 22.5 Å². The normalized spacial score (nSPS) is 13.9. The summed E-state index contributed by atoms with van der Waals surface area (Å²) in [7, 11) is 0. The maximum absolute atomic E-state index is 6.38. The van der Waals surface area contributed by atoms with Gasteiger partial charge in [-0.3, -0.25) is 0 Å². The Balaban J connectivity index is 1.89. The van der Waals surface area contributed by atoms with E-state index in [0.717, 1.165) is 40.3 Å². The Kier molecular flexibility index (Phi) is 3.41. The molecule has 0 atom stereocenters. The molecule has 2 aromatic heterocycles. The van der Waals surface area contributed by atoms with Gasteiger partial charge in [-0.15, -0.1) is 0 Å². The smallest absolute Gasteiger partial charge is 0.141 e. The van der Waals surface area contributed by atoms with Crippen LogP contribution in [0.3, 0.4) is 0 Å². The van der Waals surface area contributed by atoms with Crippen molar-refractivity contribution in [3.63, 3.8) is 0 Å². The molecule has 0 saturated carbocycles. The summed E-state index contributed by atoms with van der Waals surface area (Å²) in [5.41, 5.74) is 5.03. The van der Waals surface area contributed by atoms with Gasteiger partial charge in [-0.25, -0.2) is 9.97 Å². The molecule has 4 rings (SSSR count). The van der Waals surface area contributed by atoms with Crippen molar-refractivity contribution >= 4 is 11.6 Å². The summed E-state index contributed by atoms with van der Waals surface area (Å²) < 4.78 is 5.47. The van der Waals surface area contributed by atoms with Gasteiger partial charge in [-0.05, 0) is 17.2 Å². The molecule has 1 N–H and O–H groups in total. The van der Waals surface area contributed by atoms with Gasteiger partial charge in [0.1, 0.15) is 11.0 Å². The van der Waals surface area contributed by atoms with Crippen molar-refractivity contribution in [3.05, 3.63) is 59.1 Å². The summed E-state index contributed by atoms with van der Waals surface area (Å²) in [6.07, 6.45) is 2.55. The Hall–Kier alpha value is -2.17. The number of hydrogen-bond acceptors (Lipinski definition) is 3. The van der Waals surface area contributed by atoms with Gasteiger partial charge in [0.25, 0.3) is 0 Å². The van der Waals surface area contributed by atoms with E-state index in [1.165, 1.54) is 0 Å². The quantitative estimate of drug-likeness (QED) is 0.731. The second kappa shape index (κ2) is 5.55. The fourth-order valence-electron chi connectivity index (χ4n) is 2.75. The van der Waals surface area contributed by atoms with Crippen LogP contribution in [0.1, 0.15) is 11.4 Å². The number of nitrogens with zero attached hydrogens (tertiary/aromatic N) is 2. The molecule has 4 nitrogen and oxygen atoms in total. The highest BCUT2D eigenvalue weighted by Crippen LogP contribution is 2.35. The fraction of sp³-hybridized carbons (Fsp3) is 0.176. The molecule has 1 aliphatic heterocycles. The van der Waals surface area contributed by atoms with Crippen molar-refractivity contribution in [1.82, 2.24) is 15.0 Å². The van der Waals surface area contributed by atoms with Crippen LogP contribution in [-0.2, 0) is 17.8 Å². The van der Waals surface area contributed by atoms with Gasteiger partial charge in [-0.1, -0.05) is 41.9 Å². The van der Waals surface area contributed by atoms with E-state index in [9.17, 15) is 0 Å². The first kappa shape index (κ1) is 13.5. The zero-order valence-corrected chi connectivity index (χ0v) is 12.6. The van der Waals surface area contributed by atoms with Crippen LogP contribution in [0, 0.1) is 0 Å². The van der Waals surface area contributed by atoms with Crippen LogP contribution >= 0.6 is 11.6 Å². The monoisotopic (exact) mass is 311 g/mol. The van der Waals surface area contributed by atoms with Gasteiger partial charge in [0.2, 0.25) is 0 Å². The van der Waals surface area contributed by atoms with E-state index in [-0.39, 0.29) is 0 Å². The molecule has 0 bridgehead atoms. The summed E-state index contributed by atoms with van der Waals surface area (Å²) in [4.78, 5) is 12.3. The van der Waals surface area contributed by atoms with Crippen LogP contribution in [-0.4, -0.2) is 21.6 Å². The second-order valence-electron chi connectivity index (χ2n) is 5.20. The van der Waals surface area contributed by atoms with Gasteiger partial charge < -0.3 is 9.72 Å².